The third kappa shape index (κ3) is 18.2. The largest absolute Gasteiger partial charge is 0.497 e. The quantitative estimate of drug-likeness (QED) is 0.0680. The van der Waals surface area contributed by atoms with Crippen LogP contribution in [0.5, 0.6) is 17.2 Å². The SMILES string of the molecule is C=CC(=O)OCCCCOc1ccc(C=O)cc1.C=CC(=O)OCCCCOc1ccc(C=O)cc1.CNc1ccc(OC)cc1C. The smallest absolute Gasteiger partial charge is 0.330 e. The predicted molar refractivity (Wildman–Crippen MR) is 183 cm³/mol. The summed E-state index contributed by atoms with van der Waals surface area (Å²) in [6.07, 6.45) is 6.93. The predicted octanol–water partition coefficient (Wildman–Crippen LogP) is 6.82. The molecular formula is C37H45NO9. The number of aryl methyl sites for hydroxylation is 1. The van der Waals surface area contributed by atoms with Gasteiger partial charge in [-0.1, -0.05) is 13.2 Å². The van der Waals surface area contributed by atoms with Crippen LogP contribution < -0.4 is 19.5 Å². The van der Waals surface area contributed by atoms with Gasteiger partial charge in [0.15, 0.2) is 0 Å². The Kier molecular flexibility index (Phi) is 21.0. The van der Waals surface area contributed by atoms with Crippen LogP contribution in [0, 0.1) is 6.92 Å². The normalized spacial score (nSPS) is 9.51. The summed E-state index contributed by atoms with van der Waals surface area (Å²) in [6.45, 7) is 10.5. The topological polar surface area (TPSA) is 126 Å². The molecule has 0 saturated carbocycles. The Morgan fingerprint density at radius 3 is 1.40 bits per heavy atom. The van der Waals surface area contributed by atoms with E-state index in [2.05, 4.69) is 18.5 Å². The molecule has 252 valence electrons. The van der Waals surface area contributed by atoms with Gasteiger partial charge in [0, 0.05) is 36.0 Å². The van der Waals surface area contributed by atoms with E-state index in [0.29, 0.717) is 37.6 Å². The second kappa shape index (κ2) is 24.9. The number of hydrogen-bond acceptors (Lipinski definition) is 10. The minimum atomic E-state index is -0.402. The number of esters is 2. The molecule has 3 aromatic rings. The molecule has 0 bridgehead atoms. The highest BCUT2D eigenvalue weighted by Gasteiger charge is 1.99. The van der Waals surface area contributed by atoms with Crippen molar-refractivity contribution in [2.24, 2.45) is 0 Å². The van der Waals surface area contributed by atoms with Gasteiger partial charge in [-0.3, -0.25) is 9.59 Å². The van der Waals surface area contributed by atoms with E-state index in [1.807, 2.05) is 32.2 Å². The van der Waals surface area contributed by atoms with Crippen LogP contribution in [0.25, 0.3) is 0 Å². The van der Waals surface area contributed by atoms with Gasteiger partial charge < -0.3 is 29.0 Å². The molecule has 0 aliphatic carbocycles. The zero-order chi connectivity index (χ0) is 34.7. The van der Waals surface area contributed by atoms with Crippen LogP contribution in [0.4, 0.5) is 5.69 Å². The molecule has 0 aliphatic rings. The second-order valence-corrected chi connectivity index (χ2v) is 9.66. The van der Waals surface area contributed by atoms with Crippen molar-refractivity contribution >= 4 is 30.2 Å². The maximum Gasteiger partial charge on any atom is 0.330 e. The second-order valence-electron chi connectivity index (χ2n) is 9.66. The fourth-order valence-corrected chi connectivity index (χ4v) is 3.58. The van der Waals surface area contributed by atoms with E-state index < -0.39 is 11.9 Å². The molecule has 0 radical (unpaired) electrons. The molecule has 3 aromatic carbocycles. The number of carbonyl (C=O) groups is 4. The summed E-state index contributed by atoms with van der Waals surface area (Å²) in [5.74, 6) is 1.55. The van der Waals surface area contributed by atoms with Crippen LogP contribution in [-0.4, -0.2) is 65.1 Å². The Balaban J connectivity index is 0.000000364. The summed E-state index contributed by atoms with van der Waals surface area (Å²) < 4.78 is 25.6. The lowest BCUT2D eigenvalue weighted by atomic mass is 10.2. The molecule has 0 amide bonds. The summed E-state index contributed by atoms with van der Waals surface area (Å²) >= 11 is 0. The van der Waals surface area contributed by atoms with Crippen molar-refractivity contribution in [1.82, 2.24) is 0 Å². The van der Waals surface area contributed by atoms with Crippen LogP contribution in [0.2, 0.25) is 0 Å². The van der Waals surface area contributed by atoms with Gasteiger partial charge in [-0.2, -0.15) is 0 Å². The summed E-state index contributed by atoms with van der Waals surface area (Å²) in [5.41, 5.74) is 3.59. The van der Waals surface area contributed by atoms with Gasteiger partial charge in [-0.15, -0.1) is 0 Å². The number of methoxy groups -OCH3 is 1. The summed E-state index contributed by atoms with van der Waals surface area (Å²) in [4.78, 5) is 42.3. The minimum Gasteiger partial charge on any atom is -0.497 e. The molecule has 0 aromatic heterocycles. The standard InChI is InChI=1S/2C14H16O4.C9H13NO/c2*1-2-14(16)18-10-4-3-9-17-13-7-5-12(11-15)6-8-13;1-7-6-8(11-3)4-5-9(7)10-2/h2*2,5-8,11H,1,3-4,9-10H2;4-6,10H,1-3H3. The molecule has 10 nitrogen and oxygen atoms in total. The number of benzene rings is 3. The van der Waals surface area contributed by atoms with E-state index in [9.17, 15) is 19.2 Å². The van der Waals surface area contributed by atoms with Crippen LogP contribution in [0.3, 0.4) is 0 Å². The molecule has 0 atom stereocenters. The Morgan fingerprint density at radius 1 is 0.660 bits per heavy atom. The number of anilines is 1. The molecule has 0 spiro atoms. The lowest BCUT2D eigenvalue weighted by Crippen LogP contribution is -2.04. The van der Waals surface area contributed by atoms with Crippen molar-refractivity contribution in [2.45, 2.75) is 32.6 Å². The number of aldehydes is 2. The molecule has 0 fully saturated rings. The molecule has 3 rings (SSSR count). The zero-order valence-electron chi connectivity index (χ0n) is 27.4. The van der Waals surface area contributed by atoms with Crippen molar-refractivity contribution in [3.05, 3.63) is 109 Å². The average Bonchev–Trinajstić information content (AvgIpc) is 3.11. The first-order valence-corrected chi connectivity index (χ1v) is 15.1. The number of unbranched alkanes of at least 4 members (excludes halogenated alkanes) is 2. The maximum atomic E-state index is 10.7. The minimum absolute atomic E-state index is 0.373. The van der Waals surface area contributed by atoms with Crippen LogP contribution in [-0.2, 0) is 19.1 Å². The zero-order valence-corrected chi connectivity index (χ0v) is 27.4. The van der Waals surface area contributed by atoms with Crippen molar-refractivity contribution in [2.75, 3.05) is 45.9 Å². The molecule has 0 saturated heterocycles. The monoisotopic (exact) mass is 647 g/mol. The van der Waals surface area contributed by atoms with Gasteiger partial charge in [0.05, 0.1) is 33.5 Å². The van der Waals surface area contributed by atoms with Gasteiger partial charge in [-0.05, 0) is 105 Å². The average molecular weight is 648 g/mol. The molecule has 1 N–H and O–H groups in total. The summed E-state index contributed by atoms with van der Waals surface area (Å²) in [7, 11) is 3.59. The van der Waals surface area contributed by atoms with E-state index in [4.69, 9.17) is 23.7 Å². The summed E-state index contributed by atoms with van der Waals surface area (Å²) in [6, 6.07) is 19.8. The highest BCUT2D eigenvalue weighted by molar-refractivity contribution is 5.81. The number of ether oxygens (including phenoxy) is 5. The number of carbonyl (C=O) groups excluding carboxylic acids is 4. The molecular weight excluding hydrogens is 602 g/mol. The Labute approximate surface area is 277 Å². The van der Waals surface area contributed by atoms with E-state index >= 15 is 0 Å². The number of nitrogens with one attached hydrogen (secondary N) is 1. The number of rotatable bonds is 18. The molecule has 47 heavy (non-hydrogen) atoms. The van der Waals surface area contributed by atoms with Crippen molar-refractivity contribution in [1.29, 1.82) is 0 Å². The van der Waals surface area contributed by atoms with Crippen LogP contribution in [0.15, 0.2) is 92.0 Å². The van der Waals surface area contributed by atoms with Gasteiger partial charge in [-0.25, -0.2) is 9.59 Å². The molecule has 0 heterocycles. The van der Waals surface area contributed by atoms with Gasteiger partial charge in [0.25, 0.3) is 0 Å². The first-order chi connectivity index (χ1) is 22.8. The van der Waals surface area contributed by atoms with Gasteiger partial charge in [0.2, 0.25) is 0 Å². The van der Waals surface area contributed by atoms with E-state index in [1.165, 1.54) is 5.56 Å². The Morgan fingerprint density at radius 2 is 1.06 bits per heavy atom. The Hall–Kier alpha value is -5.38. The van der Waals surface area contributed by atoms with E-state index in [1.54, 1.807) is 55.6 Å². The molecule has 0 unspecified atom stereocenters. The van der Waals surface area contributed by atoms with Crippen LogP contribution >= 0.6 is 0 Å². The Bertz CT molecular complexity index is 1290. The third-order valence-corrected chi connectivity index (χ3v) is 6.17. The van der Waals surface area contributed by atoms with Crippen molar-refractivity contribution in [3.63, 3.8) is 0 Å². The lowest BCUT2D eigenvalue weighted by Gasteiger charge is -2.06. The van der Waals surface area contributed by atoms with Crippen molar-refractivity contribution in [3.8, 4) is 17.2 Å². The molecule has 10 heteroatoms. The first-order valence-electron chi connectivity index (χ1n) is 15.1. The third-order valence-electron chi connectivity index (χ3n) is 6.17. The van der Waals surface area contributed by atoms with Gasteiger partial charge in [0.1, 0.15) is 29.8 Å². The maximum absolute atomic E-state index is 10.7. The van der Waals surface area contributed by atoms with E-state index in [0.717, 1.165) is 73.3 Å². The van der Waals surface area contributed by atoms with Gasteiger partial charge >= 0.3 is 11.9 Å². The summed E-state index contributed by atoms with van der Waals surface area (Å²) in [5, 5.41) is 3.09. The highest BCUT2D eigenvalue weighted by Crippen LogP contribution is 2.20. The highest BCUT2D eigenvalue weighted by atomic mass is 16.5. The fourth-order valence-electron chi connectivity index (χ4n) is 3.58. The molecule has 0 aliphatic heterocycles. The first kappa shape index (κ1) is 39.6. The van der Waals surface area contributed by atoms with Crippen LogP contribution in [0.1, 0.15) is 52.0 Å². The van der Waals surface area contributed by atoms with Crippen molar-refractivity contribution < 1.29 is 42.9 Å². The lowest BCUT2D eigenvalue weighted by molar-refractivity contribution is -0.138. The fraction of sp³-hybridized carbons (Fsp3) is 0.297. The number of hydrogen-bond donors (Lipinski definition) is 1. The van der Waals surface area contributed by atoms with E-state index in [-0.39, 0.29) is 0 Å².